The van der Waals surface area contributed by atoms with Crippen molar-refractivity contribution in [1.82, 2.24) is 0 Å². The molecule has 0 spiro atoms. The highest BCUT2D eigenvalue weighted by molar-refractivity contribution is 5.71. The van der Waals surface area contributed by atoms with Crippen LogP contribution in [0.1, 0.15) is 362 Å². The summed E-state index contributed by atoms with van der Waals surface area (Å²) in [6, 6.07) is 0. The number of rotatable bonds is 60. The Kier molecular flexibility index (Phi) is 66.6. The Labute approximate surface area is 477 Å². The molecule has 8 nitrogen and oxygen atoms in total. The smallest absolute Gasteiger partial charge is 0.306 e. The van der Waals surface area contributed by atoms with E-state index >= 15 is 0 Å². The molecule has 0 aromatic carbocycles. The average molecular weight is 1090 g/mol. The summed E-state index contributed by atoms with van der Waals surface area (Å²) in [7, 11) is 0. The summed E-state index contributed by atoms with van der Waals surface area (Å²) in [6.45, 7) is 8.86. The number of hydrogen-bond donors (Lipinski definition) is 1. The lowest BCUT2D eigenvalue weighted by Crippen LogP contribution is -2.30. The SMILES string of the molecule is CCCCCCCC/C=C/CCCCCCCC(=O)OCC(COC(=O)CCCCCCC/C=C/CCCCCCCC)OC(=O)CCCCCCC/C=C/CCCCCCCC.CCCCCCCCCCCC(=O)O. The quantitative estimate of drug-likeness (QED) is 0.0277. The van der Waals surface area contributed by atoms with E-state index in [0.717, 1.165) is 89.9 Å². The van der Waals surface area contributed by atoms with Gasteiger partial charge >= 0.3 is 23.9 Å². The number of carbonyl (C=O) groups excluding carboxylic acids is 3. The minimum Gasteiger partial charge on any atom is -0.481 e. The van der Waals surface area contributed by atoms with Crippen molar-refractivity contribution >= 4 is 23.9 Å². The van der Waals surface area contributed by atoms with Crippen molar-refractivity contribution < 1.29 is 38.5 Å². The van der Waals surface area contributed by atoms with Crippen LogP contribution in [0.25, 0.3) is 0 Å². The maximum atomic E-state index is 12.8. The van der Waals surface area contributed by atoms with Gasteiger partial charge in [-0.25, -0.2) is 0 Å². The van der Waals surface area contributed by atoms with Crippen LogP contribution in [0.2, 0.25) is 0 Å². The van der Waals surface area contributed by atoms with E-state index in [0.29, 0.717) is 25.7 Å². The molecular formula is C69H128O8. The molecule has 77 heavy (non-hydrogen) atoms. The van der Waals surface area contributed by atoms with Crippen molar-refractivity contribution in [2.75, 3.05) is 13.2 Å². The number of aliphatic carboxylic acids is 1. The van der Waals surface area contributed by atoms with Gasteiger partial charge in [-0.3, -0.25) is 19.2 Å². The zero-order valence-electron chi connectivity index (χ0n) is 51.5. The molecule has 0 saturated carbocycles. The summed E-state index contributed by atoms with van der Waals surface area (Å²) < 4.78 is 16.8. The average Bonchev–Trinajstić information content (AvgIpc) is 3.42. The summed E-state index contributed by atoms with van der Waals surface area (Å²) in [6.07, 6.45) is 72.7. The Morgan fingerprint density at radius 2 is 0.494 bits per heavy atom. The van der Waals surface area contributed by atoms with Gasteiger partial charge in [-0.05, 0) is 103 Å². The third-order valence-corrected chi connectivity index (χ3v) is 14.6. The number of allylic oxidation sites excluding steroid dienone is 6. The van der Waals surface area contributed by atoms with E-state index in [4.69, 9.17) is 19.3 Å². The molecule has 0 aromatic heterocycles. The number of hydrogen-bond acceptors (Lipinski definition) is 7. The highest BCUT2D eigenvalue weighted by Crippen LogP contribution is 2.16. The topological polar surface area (TPSA) is 116 Å². The first-order valence-electron chi connectivity index (χ1n) is 33.5. The van der Waals surface area contributed by atoms with E-state index < -0.39 is 12.1 Å². The molecule has 452 valence electrons. The van der Waals surface area contributed by atoms with Crippen molar-refractivity contribution in [3.63, 3.8) is 0 Å². The molecule has 0 aliphatic rings. The molecule has 0 fully saturated rings. The van der Waals surface area contributed by atoms with Gasteiger partial charge < -0.3 is 19.3 Å². The van der Waals surface area contributed by atoms with Gasteiger partial charge in [0.2, 0.25) is 0 Å². The molecule has 1 N–H and O–H groups in total. The third kappa shape index (κ3) is 69.2. The first kappa shape index (κ1) is 76.2. The molecule has 0 rings (SSSR count). The Hall–Kier alpha value is -2.90. The maximum absolute atomic E-state index is 12.8. The molecule has 0 bridgehead atoms. The zero-order chi connectivity index (χ0) is 56.4. The third-order valence-electron chi connectivity index (χ3n) is 14.6. The first-order valence-corrected chi connectivity index (χ1v) is 33.5. The Balaban J connectivity index is 0. The normalized spacial score (nSPS) is 11.5. The number of esters is 3. The van der Waals surface area contributed by atoms with Crippen molar-refractivity contribution in [2.45, 2.75) is 368 Å². The van der Waals surface area contributed by atoms with Crippen LogP contribution in [0.3, 0.4) is 0 Å². The number of unbranched alkanes of at least 4 members (excludes halogenated alkanes) is 41. The van der Waals surface area contributed by atoms with E-state index in [9.17, 15) is 19.2 Å². The summed E-state index contributed by atoms with van der Waals surface area (Å²) in [5.41, 5.74) is 0. The number of ether oxygens (including phenoxy) is 3. The molecule has 0 aliphatic carbocycles. The molecule has 0 aliphatic heterocycles. The monoisotopic (exact) mass is 1080 g/mol. The van der Waals surface area contributed by atoms with Gasteiger partial charge in [0.05, 0.1) is 0 Å². The van der Waals surface area contributed by atoms with Crippen LogP contribution in [-0.4, -0.2) is 48.3 Å². The lowest BCUT2D eigenvalue weighted by molar-refractivity contribution is -0.167. The van der Waals surface area contributed by atoms with Gasteiger partial charge in [0.25, 0.3) is 0 Å². The second kappa shape index (κ2) is 67.4. The van der Waals surface area contributed by atoms with Crippen molar-refractivity contribution in [2.24, 2.45) is 0 Å². The van der Waals surface area contributed by atoms with Crippen LogP contribution in [0.4, 0.5) is 0 Å². The minimum atomic E-state index is -0.781. The van der Waals surface area contributed by atoms with Gasteiger partial charge in [-0.2, -0.15) is 0 Å². The molecular weight excluding hydrogens is 957 g/mol. The van der Waals surface area contributed by atoms with Gasteiger partial charge in [-0.1, -0.05) is 270 Å². The van der Waals surface area contributed by atoms with Crippen molar-refractivity contribution in [3.05, 3.63) is 36.5 Å². The molecule has 0 amide bonds. The Morgan fingerprint density at radius 3 is 0.740 bits per heavy atom. The number of carboxylic acid groups (broad SMARTS) is 1. The predicted octanol–water partition coefficient (Wildman–Crippen LogP) is 22.1. The van der Waals surface area contributed by atoms with E-state index in [1.54, 1.807) is 0 Å². The van der Waals surface area contributed by atoms with Gasteiger partial charge in [0.15, 0.2) is 6.10 Å². The summed E-state index contributed by atoms with van der Waals surface area (Å²) in [5, 5.41) is 8.41. The molecule has 8 heteroatoms. The van der Waals surface area contributed by atoms with E-state index in [1.807, 2.05) is 0 Å². The lowest BCUT2D eigenvalue weighted by Gasteiger charge is -2.18. The molecule has 0 saturated heterocycles. The van der Waals surface area contributed by atoms with Crippen molar-refractivity contribution in [1.29, 1.82) is 0 Å². The molecule has 0 heterocycles. The lowest BCUT2D eigenvalue weighted by atomic mass is 10.1. The van der Waals surface area contributed by atoms with Crippen LogP contribution >= 0.6 is 0 Å². The Morgan fingerprint density at radius 1 is 0.286 bits per heavy atom. The molecule has 0 unspecified atom stereocenters. The van der Waals surface area contributed by atoms with Gasteiger partial charge in [0.1, 0.15) is 13.2 Å². The highest BCUT2D eigenvalue weighted by Gasteiger charge is 2.19. The molecule has 0 atom stereocenters. The zero-order valence-corrected chi connectivity index (χ0v) is 51.5. The summed E-state index contributed by atoms with van der Waals surface area (Å²) in [4.78, 5) is 48.2. The van der Waals surface area contributed by atoms with E-state index in [-0.39, 0.29) is 31.1 Å². The van der Waals surface area contributed by atoms with E-state index in [2.05, 4.69) is 64.2 Å². The Bertz CT molecular complexity index is 1270. The summed E-state index contributed by atoms with van der Waals surface area (Å²) in [5.74, 6) is -1.55. The van der Waals surface area contributed by atoms with Crippen LogP contribution in [-0.2, 0) is 33.4 Å². The second-order valence-corrected chi connectivity index (χ2v) is 22.5. The fourth-order valence-electron chi connectivity index (χ4n) is 9.48. The van der Waals surface area contributed by atoms with Crippen LogP contribution in [0.15, 0.2) is 36.5 Å². The first-order chi connectivity index (χ1) is 37.8. The maximum Gasteiger partial charge on any atom is 0.306 e. The number of carbonyl (C=O) groups is 4. The highest BCUT2D eigenvalue weighted by atomic mass is 16.6. The largest absolute Gasteiger partial charge is 0.481 e. The second-order valence-electron chi connectivity index (χ2n) is 22.5. The molecule has 0 radical (unpaired) electrons. The van der Waals surface area contributed by atoms with Gasteiger partial charge in [0, 0.05) is 25.7 Å². The van der Waals surface area contributed by atoms with Crippen molar-refractivity contribution in [3.8, 4) is 0 Å². The fourth-order valence-corrected chi connectivity index (χ4v) is 9.48. The standard InChI is InChI=1S/C57H104O6.C12H24O2/c1-4-7-10-13-16-19-22-25-28-31-34-37-40-43-46-49-55(58)61-52-54(63-57(60)51-48-45-42-39-36-33-30-27-24-21-18-15-12-9-6-3)53-62-56(59)50-47-44-41-38-35-32-29-26-23-20-17-14-11-8-5-2;1-2-3-4-5-6-7-8-9-10-11-12(13)14/h25-30,54H,4-24,31-53H2,1-3H3;2-11H2,1H3,(H,13,14)/b28-25+,29-26+,30-27+;. The van der Waals surface area contributed by atoms with Crippen LogP contribution in [0.5, 0.6) is 0 Å². The minimum absolute atomic E-state index is 0.0806. The van der Waals surface area contributed by atoms with Gasteiger partial charge in [-0.15, -0.1) is 0 Å². The predicted molar refractivity (Wildman–Crippen MR) is 330 cm³/mol. The summed E-state index contributed by atoms with van der Waals surface area (Å²) >= 11 is 0. The number of carboxylic acids is 1. The van der Waals surface area contributed by atoms with Crippen LogP contribution < -0.4 is 0 Å². The van der Waals surface area contributed by atoms with Crippen LogP contribution in [0, 0.1) is 0 Å². The fraction of sp³-hybridized carbons (Fsp3) is 0.855. The van der Waals surface area contributed by atoms with E-state index in [1.165, 1.54) is 218 Å². The molecule has 0 aromatic rings.